The summed E-state index contributed by atoms with van der Waals surface area (Å²) in [5.41, 5.74) is 3.09. The number of rotatable bonds is 3. The van der Waals surface area contributed by atoms with Crippen LogP contribution in [0.25, 0.3) is 11.3 Å². The average Bonchev–Trinajstić information content (AvgIpc) is 3.14. The van der Waals surface area contributed by atoms with Crippen LogP contribution >= 0.6 is 22.9 Å². The molecule has 0 bridgehead atoms. The number of halogens is 1. The third-order valence-corrected chi connectivity index (χ3v) is 5.17. The Morgan fingerprint density at radius 2 is 1.76 bits per heavy atom. The van der Waals surface area contributed by atoms with E-state index >= 15 is 0 Å². The summed E-state index contributed by atoms with van der Waals surface area (Å²) in [6.45, 7) is 0. The molecule has 0 saturated heterocycles. The van der Waals surface area contributed by atoms with Crippen LogP contribution in [0.5, 0.6) is 11.5 Å². The molecule has 2 aromatic carbocycles. The summed E-state index contributed by atoms with van der Waals surface area (Å²) < 4.78 is 11.5. The Balaban J connectivity index is 1.89. The molecule has 0 unspecified atom stereocenters. The van der Waals surface area contributed by atoms with E-state index in [4.69, 9.17) is 21.1 Å². The first kappa shape index (κ1) is 16.0. The highest BCUT2D eigenvalue weighted by atomic mass is 35.5. The van der Waals surface area contributed by atoms with Gasteiger partial charge in [0.15, 0.2) is 5.76 Å². The molecule has 0 atom stereocenters. The monoisotopic (exact) mass is 366 g/mol. The maximum atomic E-state index is 6.63. The van der Waals surface area contributed by atoms with Crippen molar-refractivity contribution < 1.29 is 9.47 Å². The lowest BCUT2D eigenvalue weighted by atomic mass is 9.97. The van der Waals surface area contributed by atoms with Crippen LogP contribution in [0.2, 0.25) is 0 Å². The van der Waals surface area contributed by atoms with Gasteiger partial charge in [0.05, 0.1) is 17.0 Å². The van der Waals surface area contributed by atoms with Crippen LogP contribution in [0.1, 0.15) is 16.0 Å². The number of methoxy groups -OCH3 is 1. The second-order valence-corrected chi connectivity index (χ2v) is 6.89. The van der Waals surface area contributed by atoms with Crippen molar-refractivity contribution in [2.24, 2.45) is 0 Å². The van der Waals surface area contributed by atoms with Gasteiger partial charge in [-0.1, -0.05) is 48.0 Å². The molecular weight excluding hydrogens is 352 g/mol. The van der Waals surface area contributed by atoms with E-state index in [0.29, 0.717) is 10.8 Å². The molecule has 0 N–H and O–H groups in total. The number of ether oxygens (including phenoxy) is 2. The molecular formula is C21H15ClO2S. The van der Waals surface area contributed by atoms with E-state index in [1.165, 1.54) is 0 Å². The molecule has 124 valence electrons. The normalized spacial score (nSPS) is 13.6. The molecule has 0 spiro atoms. The van der Waals surface area contributed by atoms with Crippen molar-refractivity contribution in [2.45, 2.75) is 0 Å². The molecule has 1 aromatic heterocycles. The van der Waals surface area contributed by atoms with E-state index < -0.39 is 0 Å². The van der Waals surface area contributed by atoms with E-state index in [0.717, 1.165) is 33.1 Å². The zero-order chi connectivity index (χ0) is 17.2. The Morgan fingerprint density at radius 3 is 2.48 bits per heavy atom. The van der Waals surface area contributed by atoms with Crippen molar-refractivity contribution in [3.63, 3.8) is 0 Å². The lowest BCUT2D eigenvalue weighted by Gasteiger charge is -2.12. The van der Waals surface area contributed by atoms with Crippen LogP contribution < -0.4 is 9.47 Å². The number of allylic oxidation sites excluding steroid dienone is 2. The first-order chi connectivity index (χ1) is 12.3. The van der Waals surface area contributed by atoms with Gasteiger partial charge in [0.2, 0.25) is 0 Å². The van der Waals surface area contributed by atoms with Gasteiger partial charge in [-0.2, -0.15) is 0 Å². The summed E-state index contributed by atoms with van der Waals surface area (Å²) in [7, 11) is 1.66. The Labute approximate surface area is 155 Å². The van der Waals surface area contributed by atoms with Crippen molar-refractivity contribution in [2.75, 3.05) is 7.11 Å². The molecule has 2 nitrogen and oxygen atoms in total. The van der Waals surface area contributed by atoms with Crippen molar-refractivity contribution in [3.05, 3.63) is 93.2 Å². The van der Waals surface area contributed by atoms with Gasteiger partial charge < -0.3 is 9.47 Å². The van der Waals surface area contributed by atoms with E-state index in [-0.39, 0.29) is 0 Å². The number of fused-ring (bicyclic) bond motifs is 1. The molecule has 0 radical (unpaired) electrons. The average molecular weight is 367 g/mol. The van der Waals surface area contributed by atoms with Crippen LogP contribution in [-0.2, 0) is 0 Å². The largest absolute Gasteiger partial charge is 0.497 e. The molecule has 0 amide bonds. The van der Waals surface area contributed by atoms with Gasteiger partial charge in [0, 0.05) is 5.56 Å². The van der Waals surface area contributed by atoms with E-state index in [2.05, 4.69) is 0 Å². The van der Waals surface area contributed by atoms with Crippen molar-refractivity contribution >= 4 is 34.3 Å². The maximum Gasteiger partial charge on any atom is 0.163 e. The zero-order valence-corrected chi connectivity index (χ0v) is 15.1. The minimum atomic E-state index is 0.587. The van der Waals surface area contributed by atoms with Gasteiger partial charge in [-0.05, 0) is 46.9 Å². The van der Waals surface area contributed by atoms with Crippen LogP contribution in [0.15, 0.2) is 77.2 Å². The molecule has 2 heterocycles. The van der Waals surface area contributed by atoms with Crippen LogP contribution in [0.4, 0.5) is 0 Å². The molecule has 1 aliphatic rings. The Bertz CT molecular complexity index is 954. The summed E-state index contributed by atoms with van der Waals surface area (Å²) in [5.74, 6) is 2.31. The lowest BCUT2D eigenvalue weighted by Crippen LogP contribution is -1.95. The fourth-order valence-electron chi connectivity index (χ4n) is 2.79. The predicted octanol–water partition coefficient (Wildman–Crippen LogP) is 6.19. The number of hydrogen-bond acceptors (Lipinski definition) is 3. The SMILES string of the molecule is COc1ccc(C2=CC(Cl)=C(c3cccs3)Oc3ccccc32)cc1. The van der Waals surface area contributed by atoms with Gasteiger partial charge in [0.25, 0.3) is 0 Å². The lowest BCUT2D eigenvalue weighted by molar-refractivity contribution is 0.415. The molecule has 0 fully saturated rings. The highest BCUT2D eigenvalue weighted by molar-refractivity contribution is 7.11. The smallest absolute Gasteiger partial charge is 0.163 e. The minimum absolute atomic E-state index is 0.587. The van der Waals surface area contributed by atoms with E-state index in [1.54, 1.807) is 18.4 Å². The third kappa shape index (κ3) is 3.09. The van der Waals surface area contributed by atoms with Gasteiger partial charge >= 0.3 is 0 Å². The van der Waals surface area contributed by atoms with Crippen molar-refractivity contribution in [1.29, 1.82) is 0 Å². The van der Waals surface area contributed by atoms with E-state index in [9.17, 15) is 0 Å². The van der Waals surface area contributed by atoms with Gasteiger partial charge in [-0.25, -0.2) is 0 Å². The molecule has 4 heteroatoms. The van der Waals surface area contributed by atoms with Crippen LogP contribution in [0.3, 0.4) is 0 Å². The summed E-state index contributed by atoms with van der Waals surface area (Å²) in [6.07, 6.45) is 1.98. The second-order valence-electron chi connectivity index (χ2n) is 5.54. The predicted molar refractivity (Wildman–Crippen MR) is 104 cm³/mol. The topological polar surface area (TPSA) is 18.5 Å². The summed E-state index contributed by atoms with van der Waals surface area (Å²) in [5, 5.41) is 2.60. The highest BCUT2D eigenvalue weighted by Crippen LogP contribution is 2.40. The molecule has 3 aromatic rings. The van der Waals surface area contributed by atoms with Gasteiger partial charge in [-0.3, -0.25) is 0 Å². The number of hydrogen-bond donors (Lipinski definition) is 0. The minimum Gasteiger partial charge on any atom is -0.497 e. The van der Waals surface area contributed by atoms with Crippen LogP contribution in [0, 0.1) is 0 Å². The first-order valence-electron chi connectivity index (χ1n) is 7.83. The second kappa shape index (κ2) is 6.79. The molecule has 25 heavy (non-hydrogen) atoms. The number of thiophene rings is 1. The summed E-state index contributed by atoms with van der Waals surface area (Å²) in [6, 6.07) is 19.9. The Hall–Kier alpha value is -2.49. The number of benzene rings is 2. The molecule has 0 saturated carbocycles. The summed E-state index contributed by atoms with van der Waals surface area (Å²) >= 11 is 8.24. The highest BCUT2D eigenvalue weighted by Gasteiger charge is 2.20. The first-order valence-corrected chi connectivity index (χ1v) is 9.09. The fraction of sp³-hybridized carbons (Fsp3) is 0.0476. The van der Waals surface area contributed by atoms with Crippen molar-refractivity contribution in [3.8, 4) is 11.5 Å². The van der Waals surface area contributed by atoms with E-state index in [1.807, 2.05) is 72.1 Å². The third-order valence-electron chi connectivity index (χ3n) is 4.02. The fourth-order valence-corrected chi connectivity index (χ4v) is 3.82. The van der Waals surface area contributed by atoms with Crippen LogP contribution in [-0.4, -0.2) is 7.11 Å². The van der Waals surface area contributed by atoms with Gasteiger partial charge in [0.1, 0.15) is 11.5 Å². The zero-order valence-electron chi connectivity index (χ0n) is 13.5. The molecule has 0 aliphatic carbocycles. The molecule has 4 rings (SSSR count). The number of para-hydroxylation sites is 1. The Morgan fingerprint density at radius 1 is 0.960 bits per heavy atom. The standard InChI is InChI=1S/C21H15ClO2S/c1-23-15-10-8-14(9-11-15)17-13-18(22)21(20-7-4-12-25-20)24-19-6-3-2-5-16(17)19/h2-13H,1H3. The quantitative estimate of drug-likeness (QED) is 0.550. The maximum absolute atomic E-state index is 6.63. The molecule has 1 aliphatic heterocycles. The Kier molecular flexibility index (Phi) is 4.35. The van der Waals surface area contributed by atoms with Crippen molar-refractivity contribution in [1.82, 2.24) is 0 Å². The van der Waals surface area contributed by atoms with Gasteiger partial charge in [-0.15, -0.1) is 11.3 Å². The summed E-state index contributed by atoms with van der Waals surface area (Å²) in [4.78, 5) is 1.01.